The van der Waals surface area contributed by atoms with Gasteiger partial charge in [0.05, 0.1) is 0 Å². The molecule has 0 aliphatic heterocycles. The maximum atomic E-state index is 10.5. The van der Waals surface area contributed by atoms with E-state index in [9.17, 15) is 4.79 Å². The van der Waals surface area contributed by atoms with Gasteiger partial charge in [0.1, 0.15) is 6.54 Å². The third-order valence-corrected chi connectivity index (χ3v) is 2.70. The summed E-state index contributed by atoms with van der Waals surface area (Å²) in [5, 5.41) is 20.0. The van der Waals surface area contributed by atoms with E-state index < -0.39 is 5.97 Å². The summed E-state index contributed by atoms with van der Waals surface area (Å²) in [6.07, 6.45) is 1.06. The topological polar surface area (TPSA) is 80.9 Å². The van der Waals surface area contributed by atoms with E-state index in [1.165, 1.54) is 16.4 Å². The minimum absolute atomic E-state index is 0.184. The molecule has 0 aromatic carbocycles. The van der Waals surface area contributed by atoms with Gasteiger partial charge in [-0.1, -0.05) is 25.6 Å². The average Bonchev–Trinajstić information content (AvgIpc) is 2.51. The molecule has 0 unspecified atom stereocenters. The fraction of sp³-hybridized carbons (Fsp3) is 0.750. The van der Waals surface area contributed by atoms with Crippen LogP contribution in [0.1, 0.15) is 20.3 Å². The molecule has 0 fully saturated rings. The molecule has 7 heteroatoms. The molecular weight excluding hydrogens is 216 g/mol. The summed E-state index contributed by atoms with van der Waals surface area (Å²) in [7, 11) is 0. The highest BCUT2D eigenvalue weighted by atomic mass is 32.2. The summed E-state index contributed by atoms with van der Waals surface area (Å²) in [5.41, 5.74) is 0. The van der Waals surface area contributed by atoms with Gasteiger partial charge >= 0.3 is 5.97 Å². The maximum Gasteiger partial charge on any atom is 0.325 e. The fourth-order valence-electron chi connectivity index (χ4n) is 0.913. The van der Waals surface area contributed by atoms with Crippen LogP contribution in [0.15, 0.2) is 5.16 Å². The molecule has 15 heavy (non-hydrogen) atoms. The number of carboxylic acids is 1. The molecule has 1 aromatic rings. The SMILES string of the molecule is CC(C)CCSc1nnnn1CC(=O)O. The highest BCUT2D eigenvalue weighted by molar-refractivity contribution is 7.99. The van der Waals surface area contributed by atoms with Gasteiger partial charge in [0.2, 0.25) is 5.16 Å². The summed E-state index contributed by atoms with van der Waals surface area (Å²) in [6.45, 7) is 4.10. The fourth-order valence-corrected chi connectivity index (χ4v) is 2.03. The number of thioether (sulfide) groups is 1. The quantitative estimate of drug-likeness (QED) is 0.731. The molecule has 0 aliphatic carbocycles. The zero-order valence-corrected chi connectivity index (χ0v) is 9.57. The van der Waals surface area contributed by atoms with Crippen LogP contribution in [0, 0.1) is 5.92 Å². The van der Waals surface area contributed by atoms with Gasteiger partial charge in [-0.25, -0.2) is 4.68 Å². The van der Waals surface area contributed by atoms with Crippen molar-refractivity contribution in [1.82, 2.24) is 20.2 Å². The Morgan fingerprint density at radius 1 is 1.60 bits per heavy atom. The summed E-state index contributed by atoms with van der Waals surface area (Å²) >= 11 is 1.49. The van der Waals surface area contributed by atoms with E-state index in [1.807, 2.05) is 0 Å². The Labute approximate surface area is 92.0 Å². The van der Waals surface area contributed by atoms with E-state index in [4.69, 9.17) is 5.11 Å². The molecule has 1 rings (SSSR count). The number of aliphatic carboxylic acids is 1. The lowest BCUT2D eigenvalue weighted by molar-refractivity contribution is -0.138. The monoisotopic (exact) mass is 230 g/mol. The Balaban J connectivity index is 2.46. The van der Waals surface area contributed by atoms with E-state index in [-0.39, 0.29) is 6.54 Å². The van der Waals surface area contributed by atoms with Gasteiger partial charge in [0.25, 0.3) is 0 Å². The molecule has 0 bridgehead atoms. The van der Waals surface area contributed by atoms with Crippen molar-refractivity contribution in [3.8, 4) is 0 Å². The molecule has 0 atom stereocenters. The minimum Gasteiger partial charge on any atom is -0.480 e. The van der Waals surface area contributed by atoms with Gasteiger partial charge in [-0.05, 0) is 22.8 Å². The van der Waals surface area contributed by atoms with Crippen molar-refractivity contribution < 1.29 is 9.90 Å². The van der Waals surface area contributed by atoms with Crippen LogP contribution in [0.25, 0.3) is 0 Å². The first kappa shape index (κ1) is 12.0. The van der Waals surface area contributed by atoms with Crippen LogP contribution in [0.3, 0.4) is 0 Å². The van der Waals surface area contributed by atoms with Crippen LogP contribution in [-0.2, 0) is 11.3 Å². The number of nitrogens with zero attached hydrogens (tertiary/aromatic N) is 4. The first-order valence-electron chi connectivity index (χ1n) is 4.70. The molecule has 0 radical (unpaired) electrons. The van der Waals surface area contributed by atoms with Gasteiger partial charge in [0, 0.05) is 5.75 Å². The van der Waals surface area contributed by atoms with Gasteiger partial charge in [-0.15, -0.1) is 5.10 Å². The second-order valence-corrected chi connectivity index (χ2v) is 4.61. The molecular formula is C8H14N4O2S. The van der Waals surface area contributed by atoms with Gasteiger partial charge in [-0.2, -0.15) is 0 Å². The van der Waals surface area contributed by atoms with E-state index in [1.54, 1.807) is 0 Å². The van der Waals surface area contributed by atoms with Crippen LogP contribution >= 0.6 is 11.8 Å². The molecule has 0 spiro atoms. The summed E-state index contributed by atoms with van der Waals surface area (Å²) in [4.78, 5) is 10.5. The lowest BCUT2D eigenvalue weighted by Crippen LogP contribution is -2.11. The van der Waals surface area contributed by atoms with Gasteiger partial charge in [0.15, 0.2) is 0 Å². The lowest BCUT2D eigenvalue weighted by Gasteiger charge is -2.03. The van der Waals surface area contributed by atoms with Crippen molar-refractivity contribution >= 4 is 17.7 Å². The normalized spacial score (nSPS) is 10.9. The predicted molar refractivity (Wildman–Crippen MR) is 55.6 cm³/mol. The molecule has 84 valence electrons. The smallest absolute Gasteiger partial charge is 0.325 e. The molecule has 0 saturated heterocycles. The van der Waals surface area contributed by atoms with E-state index in [2.05, 4.69) is 29.4 Å². The molecule has 0 saturated carbocycles. The number of carboxylic acid groups (broad SMARTS) is 1. The lowest BCUT2D eigenvalue weighted by atomic mass is 10.2. The minimum atomic E-state index is -0.937. The number of hydrogen-bond acceptors (Lipinski definition) is 5. The highest BCUT2D eigenvalue weighted by Gasteiger charge is 2.09. The molecule has 1 aromatic heterocycles. The number of hydrogen-bond donors (Lipinski definition) is 1. The van der Waals surface area contributed by atoms with Crippen LogP contribution in [0.4, 0.5) is 0 Å². The first-order valence-corrected chi connectivity index (χ1v) is 5.69. The van der Waals surface area contributed by atoms with Gasteiger partial charge in [-0.3, -0.25) is 4.79 Å². The van der Waals surface area contributed by atoms with E-state index in [0.717, 1.165) is 12.2 Å². The second kappa shape index (κ2) is 5.69. The Morgan fingerprint density at radius 3 is 2.93 bits per heavy atom. The Bertz CT molecular complexity index is 326. The van der Waals surface area contributed by atoms with Crippen molar-refractivity contribution in [3.05, 3.63) is 0 Å². The summed E-state index contributed by atoms with van der Waals surface area (Å²) in [6, 6.07) is 0. The van der Waals surface area contributed by atoms with E-state index in [0.29, 0.717) is 11.1 Å². The Kier molecular flexibility index (Phi) is 4.54. The van der Waals surface area contributed by atoms with Crippen molar-refractivity contribution in [1.29, 1.82) is 0 Å². The molecule has 0 aliphatic rings. The van der Waals surface area contributed by atoms with Crippen LogP contribution in [0.2, 0.25) is 0 Å². The Hall–Kier alpha value is -1.11. The maximum absolute atomic E-state index is 10.5. The van der Waals surface area contributed by atoms with Crippen molar-refractivity contribution in [2.75, 3.05) is 5.75 Å². The average molecular weight is 230 g/mol. The first-order chi connectivity index (χ1) is 7.09. The second-order valence-electron chi connectivity index (χ2n) is 3.54. The third-order valence-electron chi connectivity index (χ3n) is 1.71. The van der Waals surface area contributed by atoms with Crippen LogP contribution in [0.5, 0.6) is 0 Å². The standard InChI is InChI=1S/C8H14N4O2S/c1-6(2)3-4-15-8-9-10-11-12(8)5-7(13)14/h6H,3-5H2,1-2H3,(H,13,14). The number of rotatable bonds is 6. The zero-order valence-electron chi connectivity index (χ0n) is 8.75. The van der Waals surface area contributed by atoms with Crippen molar-refractivity contribution in [2.45, 2.75) is 32.0 Å². The largest absolute Gasteiger partial charge is 0.480 e. The predicted octanol–water partition coefficient (Wildman–Crippen LogP) is 0.896. The number of aromatic nitrogens is 4. The van der Waals surface area contributed by atoms with Crippen molar-refractivity contribution in [2.24, 2.45) is 5.92 Å². The van der Waals surface area contributed by atoms with Crippen LogP contribution in [-0.4, -0.2) is 37.0 Å². The zero-order chi connectivity index (χ0) is 11.3. The van der Waals surface area contributed by atoms with Gasteiger partial charge < -0.3 is 5.11 Å². The Morgan fingerprint density at radius 2 is 2.33 bits per heavy atom. The summed E-state index contributed by atoms with van der Waals surface area (Å²) < 4.78 is 1.30. The molecule has 1 heterocycles. The van der Waals surface area contributed by atoms with Crippen LogP contribution < -0.4 is 0 Å². The summed E-state index contributed by atoms with van der Waals surface area (Å²) in [5.74, 6) is 0.590. The van der Waals surface area contributed by atoms with Crippen molar-refractivity contribution in [3.63, 3.8) is 0 Å². The van der Waals surface area contributed by atoms with E-state index >= 15 is 0 Å². The number of carbonyl (C=O) groups is 1. The molecule has 1 N–H and O–H groups in total. The third kappa shape index (κ3) is 4.28. The molecule has 0 amide bonds. The highest BCUT2D eigenvalue weighted by Crippen LogP contribution is 2.16. The number of tetrazole rings is 1. The molecule has 6 nitrogen and oxygen atoms in total.